The first-order valence-corrected chi connectivity index (χ1v) is 7.48. The summed E-state index contributed by atoms with van der Waals surface area (Å²) in [6.07, 6.45) is 0. The molecule has 0 bridgehead atoms. The lowest BCUT2D eigenvalue weighted by Crippen LogP contribution is -2.00. The largest absolute Gasteiger partial charge is 0.354 e. The summed E-state index contributed by atoms with van der Waals surface area (Å²) < 4.78 is 0. The number of nitrogens with one attached hydrogen (secondary N) is 2. The molecule has 2 heteroatoms. The fourth-order valence-electron chi connectivity index (χ4n) is 2.57. The van der Waals surface area contributed by atoms with Crippen molar-refractivity contribution in [3.05, 3.63) is 83.9 Å². The predicted octanol–water partition coefficient (Wildman–Crippen LogP) is 5.79. The molecular weight excluding hydrogens is 268 g/mol. The van der Waals surface area contributed by atoms with Crippen molar-refractivity contribution in [1.29, 1.82) is 0 Å². The molecule has 0 radical (unpaired) electrons. The average molecular weight is 288 g/mol. The minimum Gasteiger partial charge on any atom is -0.354 e. The van der Waals surface area contributed by atoms with Crippen LogP contribution in [0.2, 0.25) is 0 Å². The third-order valence-corrected chi connectivity index (χ3v) is 3.58. The summed E-state index contributed by atoms with van der Waals surface area (Å²) in [5.74, 6) is 0. The summed E-state index contributed by atoms with van der Waals surface area (Å²) in [5.41, 5.74) is 6.85. The molecule has 0 spiro atoms. The topological polar surface area (TPSA) is 24.1 Å². The first-order chi connectivity index (χ1) is 10.7. The normalized spacial score (nSPS) is 10.3. The Labute approximate surface area is 131 Å². The zero-order valence-electron chi connectivity index (χ0n) is 12.9. The van der Waals surface area contributed by atoms with Crippen molar-refractivity contribution < 1.29 is 0 Å². The number of anilines is 4. The molecule has 0 heterocycles. The summed E-state index contributed by atoms with van der Waals surface area (Å²) in [4.78, 5) is 0. The van der Waals surface area contributed by atoms with Gasteiger partial charge in [0, 0.05) is 11.4 Å². The van der Waals surface area contributed by atoms with Gasteiger partial charge in [0.25, 0.3) is 0 Å². The molecule has 3 aromatic rings. The molecule has 110 valence electrons. The summed E-state index contributed by atoms with van der Waals surface area (Å²) >= 11 is 0. The second-order valence-electron chi connectivity index (χ2n) is 5.49. The van der Waals surface area contributed by atoms with Gasteiger partial charge in [0.15, 0.2) is 0 Å². The fraction of sp³-hybridized carbons (Fsp3) is 0.100. The minimum atomic E-state index is 1.09. The maximum Gasteiger partial charge on any atom is 0.0653 e. The van der Waals surface area contributed by atoms with Crippen LogP contribution >= 0.6 is 0 Å². The monoisotopic (exact) mass is 288 g/mol. The average Bonchev–Trinajstić information content (AvgIpc) is 2.53. The van der Waals surface area contributed by atoms with Crippen LogP contribution in [0.1, 0.15) is 11.1 Å². The van der Waals surface area contributed by atoms with Gasteiger partial charge in [-0.1, -0.05) is 42.5 Å². The molecule has 0 unspecified atom stereocenters. The first-order valence-electron chi connectivity index (χ1n) is 7.48. The maximum atomic E-state index is 3.53. The summed E-state index contributed by atoms with van der Waals surface area (Å²) in [5, 5.41) is 7.04. The number of aryl methyl sites for hydroxylation is 2. The van der Waals surface area contributed by atoms with Gasteiger partial charge < -0.3 is 10.6 Å². The molecule has 0 atom stereocenters. The Morgan fingerprint density at radius 3 is 1.77 bits per heavy atom. The zero-order valence-corrected chi connectivity index (χ0v) is 12.9. The molecule has 2 N–H and O–H groups in total. The van der Waals surface area contributed by atoms with Crippen molar-refractivity contribution in [2.24, 2.45) is 0 Å². The van der Waals surface area contributed by atoms with Crippen LogP contribution in [0.15, 0.2) is 72.8 Å². The van der Waals surface area contributed by atoms with E-state index in [-0.39, 0.29) is 0 Å². The quantitative estimate of drug-likeness (QED) is 0.635. The van der Waals surface area contributed by atoms with Crippen LogP contribution in [0.25, 0.3) is 0 Å². The number of hydrogen-bond acceptors (Lipinski definition) is 2. The van der Waals surface area contributed by atoms with Gasteiger partial charge in [-0.25, -0.2) is 0 Å². The van der Waals surface area contributed by atoms with Crippen LogP contribution in [0.4, 0.5) is 22.7 Å². The Balaban J connectivity index is 1.97. The molecule has 0 aliphatic carbocycles. The van der Waals surface area contributed by atoms with Crippen LogP contribution in [0.3, 0.4) is 0 Å². The van der Waals surface area contributed by atoms with E-state index in [4.69, 9.17) is 0 Å². The summed E-state index contributed by atoms with van der Waals surface area (Å²) in [6, 6.07) is 24.9. The lowest BCUT2D eigenvalue weighted by Gasteiger charge is -2.17. The van der Waals surface area contributed by atoms with Crippen LogP contribution in [0.5, 0.6) is 0 Å². The molecule has 3 aromatic carbocycles. The van der Waals surface area contributed by atoms with E-state index in [2.05, 4.69) is 60.9 Å². The van der Waals surface area contributed by atoms with Gasteiger partial charge in [-0.05, 0) is 55.3 Å². The van der Waals surface area contributed by atoms with E-state index in [1.165, 1.54) is 11.1 Å². The standard InChI is InChI=1S/C20H20N2/c1-15-13-16(2)20(22-18-11-7-4-8-12-18)19(14-15)21-17-9-5-3-6-10-17/h3-14,21-22H,1-2H3. The Bertz CT molecular complexity index is 749. The van der Waals surface area contributed by atoms with Crippen LogP contribution in [-0.4, -0.2) is 0 Å². The van der Waals surface area contributed by atoms with Gasteiger partial charge in [-0.15, -0.1) is 0 Å². The van der Waals surface area contributed by atoms with Crippen molar-refractivity contribution in [3.63, 3.8) is 0 Å². The van der Waals surface area contributed by atoms with Crippen LogP contribution in [-0.2, 0) is 0 Å². The van der Waals surface area contributed by atoms with Crippen molar-refractivity contribution in [1.82, 2.24) is 0 Å². The van der Waals surface area contributed by atoms with E-state index >= 15 is 0 Å². The van der Waals surface area contributed by atoms with Gasteiger partial charge in [-0.2, -0.15) is 0 Å². The Kier molecular flexibility index (Phi) is 4.10. The summed E-state index contributed by atoms with van der Waals surface area (Å²) in [7, 11) is 0. The third kappa shape index (κ3) is 3.29. The predicted molar refractivity (Wildman–Crippen MR) is 95.4 cm³/mol. The molecule has 0 saturated heterocycles. The second kappa shape index (κ2) is 6.35. The molecule has 0 saturated carbocycles. The van der Waals surface area contributed by atoms with Crippen molar-refractivity contribution >= 4 is 22.7 Å². The van der Waals surface area contributed by atoms with Gasteiger partial charge in [0.05, 0.1) is 11.4 Å². The molecule has 0 aromatic heterocycles. The van der Waals surface area contributed by atoms with E-state index in [0.29, 0.717) is 0 Å². The molecule has 0 aliphatic rings. The smallest absolute Gasteiger partial charge is 0.0653 e. The van der Waals surface area contributed by atoms with Gasteiger partial charge in [0.2, 0.25) is 0 Å². The van der Waals surface area contributed by atoms with Crippen LogP contribution in [0, 0.1) is 13.8 Å². The van der Waals surface area contributed by atoms with Gasteiger partial charge >= 0.3 is 0 Å². The number of rotatable bonds is 4. The number of benzene rings is 3. The highest BCUT2D eigenvalue weighted by atomic mass is 15.0. The molecule has 2 nitrogen and oxygen atoms in total. The third-order valence-electron chi connectivity index (χ3n) is 3.58. The number of para-hydroxylation sites is 2. The molecule has 3 rings (SSSR count). The highest BCUT2D eigenvalue weighted by molar-refractivity contribution is 5.81. The number of hydrogen-bond donors (Lipinski definition) is 2. The lowest BCUT2D eigenvalue weighted by atomic mass is 10.1. The SMILES string of the molecule is Cc1cc(C)c(Nc2ccccc2)c(Nc2ccccc2)c1. The van der Waals surface area contributed by atoms with Crippen molar-refractivity contribution in [3.8, 4) is 0 Å². The van der Waals surface area contributed by atoms with Crippen molar-refractivity contribution in [2.45, 2.75) is 13.8 Å². The first kappa shape index (κ1) is 14.2. The maximum absolute atomic E-state index is 3.53. The fourth-order valence-corrected chi connectivity index (χ4v) is 2.57. The Morgan fingerprint density at radius 1 is 0.636 bits per heavy atom. The summed E-state index contributed by atoms with van der Waals surface area (Å²) in [6.45, 7) is 4.25. The van der Waals surface area contributed by atoms with E-state index in [1.807, 2.05) is 36.4 Å². The van der Waals surface area contributed by atoms with Gasteiger partial charge in [-0.3, -0.25) is 0 Å². The molecule has 0 fully saturated rings. The van der Waals surface area contributed by atoms with E-state index in [9.17, 15) is 0 Å². The van der Waals surface area contributed by atoms with E-state index in [1.54, 1.807) is 0 Å². The zero-order chi connectivity index (χ0) is 15.4. The minimum absolute atomic E-state index is 1.09. The highest BCUT2D eigenvalue weighted by Crippen LogP contribution is 2.32. The van der Waals surface area contributed by atoms with E-state index in [0.717, 1.165) is 22.7 Å². The van der Waals surface area contributed by atoms with Crippen LogP contribution < -0.4 is 10.6 Å². The molecule has 22 heavy (non-hydrogen) atoms. The van der Waals surface area contributed by atoms with Crippen molar-refractivity contribution in [2.75, 3.05) is 10.6 Å². The molecular formula is C20H20N2. The van der Waals surface area contributed by atoms with E-state index < -0.39 is 0 Å². The highest BCUT2D eigenvalue weighted by Gasteiger charge is 2.08. The lowest BCUT2D eigenvalue weighted by molar-refractivity contribution is 1.36. The molecule has 0 amide bonds. The second-order valence-corrected chi connectivity index (χ2v) is 5.49. The Morgan fingerprint density at radius 2 is 1.18 bits per heavy atom. The Hall–Kier alpha value is -2.74. The molecule has 0 aliphatic heterocycles. The van der Waals surface area contributed by atoms with Gasteiger partial charge in [0.1, 0.15) is 0 Å².